The molecular formula is C6H2ClNO2S. The SMILES string of the molecule is N#Cc1cc(C(=O)O)c(Cl)s1. The van der Waals surface area contributed by atoms with Crippen LogP contribution >= 0.6 is 22.9 Å². The number of nitrogens with zero attached hydrogens (tertiary/aromatic N) is 1. The molecular weight excluding hydrogens is 186 g/mol. The van der Waals surface area contributed by atoms with Gasteiger partial charge in [0.2, 0.25) is 0 Å². The third-order valence-corrected chi connectivity index (χ3v) is 2.29. The van der Waals surface area contributed by atoms with Crippen LogP contribution in [-0.2, 0) is 0 Å². The second kappa shape index (κ2) is 2.91. The summed E-state index contributed by atoms with van der Waals surface area (Å²) in [5.41, 5.74) is -0.00628. The number of thiophene rings is 1. The lowest BCUT2D eigenvalue weighted by atomic mass is 10.3. The molecule has 0 fully saturated rings. The van der Waals surface area contributed by atoms with Gasteiger partial charge in [-0.25, -0.2) is 4.79 Å². The summed E-state index contributed by atoms with van der Waals surface area (Å²) in [4.78, 5) is 10.7. The molecule has 1 heterocycles. The first-order valence-electron chi connectivity index (χ1n) is 2.58. The Balaban J connectivity index is 3.20. The Hall–Kier alpha value is -1.05. The van der Waals surface area contributed by atoms with Crippen molar-refractivity contribution in [3.05, 3.63) is 20.8 Å². The Morgan fingerprint density at radius 2 is 2.45 bits per heavy atom. The molecule has 0 saturated heterocycles. The van der Waals surface area contributed by atoms with Crippen LogP contribution in [0, 0.1) is 11.3 Å². The molecule has 0 atom stereocenters. The van der Waals surface area contributed by atoms with Crippen LogP contribution in [0.4, 0.5) is 0 Å². The zero-order valence-electron chi connectivity index (χ0n) is 5.17. The summed E-state index contributed by atoms with van der Waals surface area (Å²) in [6.45, 7) is 0. The monoisotopic (exact) mass is 187 g/mol. The summed E-state index contributed by atoms with van der Waals surface area (Å²) in [5, 5.41) is 16.9. The van der Waals surface area contributed by atoms with Gasteiger partial charge >= 0.3 is 5.97 Å². The van der Waals surface area contributed by atoms with Crippen LogP contribution in [0.15, 0.2) is 6.07 Å². The lowest BCUT2D eigenvalue weighted by molar-refractivity contribution is 0.0697. The summed E-state index contributed by atoms with van der Waals surface area (Å²) >= 11 is 6.47. The summed E-state index contributed by atoms with van der Waals surface area (Å²) < 4.78 is 0.147. The summed E-state index contributed by atoms with van der Waals surface area (Å²) in [6.07, 6.45) is 0. The second-order valence-corrected chi connectivity index (χ2v) is 3.37. The smallest absolute Gasteiger partial charge is 0.338 e. The number of aromatic carboxylic acids is 1. The lowest BCUT2D eigenvalue weighted by Gasteiger charge is -1.84. The zero-order valence-corrected chi connectivity index (χ0v) is 6.74. The largest absolute Gasteiger partial charge is 0.478 e. The van der Waals surface area contributed by atoms with E-state index in [9.17, 15) is 4.79 Å². The van der Waals surface area contributed by atoms with Crippen molar-refractivity contribution in [1.29, 1.82) is 5.26 Å². The molecule has 11 heavy (non-hydrogen) atoms. The van der Waals surface area contributed by atoms with Crippen molar-refractivity contribution < 1.29 is 9.90 Å². The molecule has 56 valence electrons. The van der Waals surface area contributed by atoms with Gasteiger partial charge in [0.1, 0.15) is 15.3 Å². The van der Waals surface area contributed by atoms with E-state index < -0.39 is 5.97 Å². The van der Waals surface area contributed by atoms with Gasteiger partial charge in [0.25, 0.3) is 0 Å². The Morgan fingerprint density at radius 3 is 2.73 bits per heavy atom. The molecule has 3 nitrogen and oxygen atoms in total. The van der Waals surface area contributed by atoms with Gasteiger partial charge in [-0.1, -0.05) is 11.6 Å². The minimum absolute atomic E-state index is 0.00628. The highest BCUT2D eigenvalue weighted by molar-refractivity contribution is 7.17. The third-order valence-electron chi connectivity index (χ3n) is 1.03. The molecule has 0 radical (unpaired) electrons. The molecule has 0 aliphatic heterocycles. The maximum absolute atomic E-state index is 10.4. The maximum Gasteiger partial charge on any atom is 0.338 e. The van der Waals surface area contributed by atoms with Crippen LogP contribution < -0.4 is 0 Å². The molecule has 0 amide bonds. The number of rotatable bonds is 1. The molecule has 1 N–H and O–H groups in total. The van der Waals surface area contributed by atoms with E-state index in [2.05, 4.69) is 0 Å². The van der Waals surface area contributed by atoms with Gasteiger partial charge in [0.05, 0.1) is 5.56 Å². The minimum atomic E-state index is -1.10. The highest BCUT2D eigenvalue weighted by atomic mass is 35.5. The Bertz CT molecular complexity index is 339. The summed E-state index contributed by atoms with van der Waals surface area (Å²) in [7, 11) is 0. The van der Waals surface area contributed by atoms with E-state index >= 15 is 0 Å². The van der Waals surface area contributed by atoms with Crippen molar-refractivity contribution in [3.63, 3.8) is 0 Å². The first-order chi connectivity index (χ1) is 5.15. The van der Waals surface area contributed by atoms with Crippen LogP contribution in [0.2, 0.25) is 4.34 Å². The fourth-order valence-electron chi connectivity index (χ4n) is 0.570. The molecule has 0 aliphatic carbocycles. The average molecular weight is 188 g/mol. The van der Waals surface area contributed by atoms with Crippen LogP contribution in [0.25, 0.3) is 0 Å². The Labute approximate surface area is 71.5 Å². The van der Waals surface area contributed by atoms with Crippen molar-refractivity contribution in [2.75, 3.05) is 0 Å². The fourth-order valence-corrected chi connectivity index (χ4v) is 1.63. The van der Waals surface area contributed by atoms with E-state index in [1.165, 1.54) is 6.07 Å². The fraction of sp³-hybridized carbons (Fsp3) is 0. The molecule has 0 bridgehead atoms. The van der Waals surface area contributed by atoms with Gasteiger partial charge in [0, 0.05) is 0 Å². The average Bonchev–Trinajstić information content (AvgIpc) is 2.30. The molecule has 0 aliphatic rings. The summed E-state index contributed by atoms with van der Waals surface area (Å²) in [6, 6.07) is 3.07. The van der Waals surface area contributed by atoms with E-state index in [1.54, 1.807) is 0 Å². The van der Waals surface area contributed by atoms with Gasteiger partial charge in [0.15, 0.2) is 0 Å². The highest BCUT2D eigenvalue weighted by Crippen LogP contribution is 2.26. The van der Waals surface area contributed by atoms with Gasteiger partial charge in [-0.15, -0.1) is 11.3 Å². The quantitative estimate of drug-likeness (QED) is 0.731. The summed E-state index contributed by atoms with van der Waals surface area (Å²) in [5.74, 6) is -1.10. The Morgan fingerprint density at radius 1 is 1.82 bits per heavy atom. The number of carbonyl (C=O) groups is 1. The van der Waals surface area contributed by atoms with Crippen molar-refractivity contribution in [1.82, 2.24) is 0 Å². The zero-order chi connectivity index (χ0) is 8.43. The molecule has 0 spiro atoms. The van der Waals surface area contributed by atoms with Crippen molar-refractivity contribution in [2.24, 2.45) is 0 Å². The van der Waals surface area contributed by atoms with Crippen molar-refractivity contribution >= 4 is 28.9 Å². The Kier molecular flexibility index (Phi) is 2.13. The van der Waals surface area contributed by atoms with Gasteiger partial charge < -0.3 is 5.11 Å². The predicted molar refractivity (Wildman–Crippen MR) is 41.0 cm³/mol. The number of carboxylic acid groups (broad SMARTS) is 1. The van der Waals surface area contributed by atoms with Crippen LogP contribution in [0.1, 0.15) is 15.2 Å². The maximum atomic E-state index is 10.4. The van der Waals surface area contributed by atoms with E-state index in [0.717, 1.165) is 11.3 Å². The number of halogens is 1. The van der Waals surface area contributed by atoms with Gasteiger partial charge in [-0.3, -0.25) is 0 Å². The second-order valence-electron chi connectivity index (χ2n) is 1.71. The molecule has 1 aromatic rings. The third kappa shape index (κ3) is 1.50. The number of carboxylic acids is 1. The minimum Gasteiger partial charge on any atom is -0.478 e. The number of hydrogen-bond donors (Lipinski definition) is 1. The standard InChI is InChI=1S/C6H2ClNO2S/c7-5-4(6(9)10)1-3(2-8)11-5/h1H,(H,9,10). The molecule has 1 aromatic heterocycles. The molecule has 5 heteroatoms. The molecule has 0 saturated carbocycles. The van der Waals surface area contributed by atoms with Crippen LogP contribution in [0.3, 0.4) is 0 Å². The normalized spacial score (nSPS) is 9.09. The van der Waals surface area contributed by atoms with Crippen molar-refractivity contribution in [3.8, 4) is 6.07 Å². The van der Waals surface area contributed by atoms with Crippen LogP contribution in [-0.4, -0.2) is 11.1 Å². The van der Waals surface area contributed by atoms with E-state index in [0.29, 0.717) is 4.88 Å². The number of nitriles is 1. The van der Waals surface area contributed by atoms with E-state index in [-0.39, 0.29) is 9.90 Å². The van der Waals surface area contributed by atoms with Gasteiger partial charge in [-0.2, -0.15) is 5.26 Å². The number of hydrogen-bond acceptors (Lipinski definition) is 3. The van der Waals surface area contributed by atoms with E-state index in [4.69, 9.17) is 22.0 Å². The topological polar surface area (TPSA) is 61.1 Å². The lowest BCUT2D eigenvalue weighted by Crippen LogP contribution is -1.92. The first-order valence-corrected chi connectivity index (χ1v) is 3.77. The predicted octanol–water partition coefficient (Wildman–Crippen LogP) is 1.97. The van der Waals surface area contributed by atoms with Gasteiger partial charge in [-0.05, 0) is 6.07 Å². The first kappa shape index (κ1) is 8.05. The van der Waals surface area contributed by atoms with Crippen LogP contribution in [0.5, 0.6) is 0 Å². The molecule has 1 rings (SSSR count). The highest BCUT2D eigenvalue weighted by Gasteiger charge is 2.12. The van der Waals surface area contributed by atoms with Crippen molar-refractivity contribution in [2.45, 2.75) is 0 Å². The van der Waals surface area contributed by atoms with E-state index in [1.807, 2.05) is 6.07 Å². The molecule has 0 unspecified atom stereocenters. The molecule has 0 aromatic carbocycles.